The molecule has 0 fully saturated rings. The van der Waals surface area contributed by atoms with E-state index in [1.54, 1.807) is 6.08 Å². The number of allylic oxidation sites excluding steroid dienone is 7. The van der Waals surface area contributed by atoms with Gasteiger partial charge in [-0.2, -0.15) is 8.42 Å². The molecule has 298 valence electrons. The monoisotopic (exact) mass is 738 g/mol. The van der Waals surface area contributed by atoms with E-state index in [-0.39, 0.29) is 6.42 Å². The Morgan fingerprint density at radius 2 is 0.882 bits per heavy atom. The van der Waals surface area contributed by atoms with Crippen molar-refractivity contribution in [2.24, 2.45) is 0 Å². The molecular formula is C43H79NO6S. The van der Waals surface area contributed by atoms with Crippen molar-refractivity contribution in [2.75, 3.05) is 5.75 Å². The van der Waals surface area contributed by atoms with Gasteiger partial charge in [0.05, 0.1) is 17.9 Å². The Kier molecular flexibility index (Phi) is 35.4. The Morgan fingerprint density at radius 1 is 0.529 bits per heavy atom. The van der Waals surface area contributed by atoms with Gasteiger partial charge in [0.1, 0.15) is 6.10 Å². The molecule has 0 radical (unpaired) electrons. The number of nitrogens with one attached hydrogen (secondary N) is 1. The van der Waals surface area contributed by atoms with E-state index in [9.17, 15) is 28.0 Å². The molecule has 0 spiro atoms. The third-order valence-corrected chi connectivity index (χ3v) is 10.1. The van der Waals surface area contributed by atoms with Crippen LogP contribution in [0, 0.1) is 0 Å². The van der Waals surface area contributed by atoms with E-state index >= 15 is 0 Å². The van der Waals surface area contributed by atoms with Crippen molar-refractivity contribution in [3.8, 4) is 0 Å². The van der Waals surface area contributed by atoms with Crippen LogP contribution in [0.15, 0.2) is 48.6 Å². The highest BCUT2D eigenvalue weighted by atomic mass is 32.2. The minimum Gasteiger partial charge on any atom is -0.387 e. The molecule has 0 rings (SSSR count). The Bertz CT molecular complexity index is 1010. The molecule has 0 aliphatic carbocycles. The van der Waals surface area contributed by atoms with E-state index in [1.807, 2.05) is 0 Å². The van der Waals surface area contributed by atoms with Crippen molar-refractivity contribution >= 4 is 16.0 Å². The van der Waals surface area contributed by atoms with Gasteiger partial charge in [-0.3, -0.25) is 9.35 Å². The van der Waals surface area contributed by atoms with Gasteiger partial charge in [-0.15, -0.1) is 0 Å². The number of aliphatic hydroxyl groups is 2. The Hall–Kier alpha value is -1.74. The largest absolute Gasteiger partial charge is 0.387 e. The first-order chi connectivity index (χ1) is 24.7. The Labute approximate surface area is 314 Å². The summed E-state index contributed by atoms with van der Waals surface area (Å²) in [4.78, 5) is 12.6. The maximum absolute atomic E-state index is 12.6. The van der Waals surface area contributed by atoms with Crippen LogP contribution in [0.4, 0.5) is 0 Å². The average Bonchev–Trinajstić information content (AvgIpc) is 3.09. The summed E-state index contributed by atoms with van der Waals surface area (Å²) in [7, 11) is -4.46. The molecule has 51 heavy (non-hydrogen) atoms. The van der Waals surface area contributed by atoms with Crippen LogP contribution in [0.3, 0.4) is 0 Å². The normalized spacial score (nSPS) is 14.4. The smallest absolute Gasteiger partial charge is 0.267 e. The van der Waals surface area contributed by atoms with Crippen molar-refractivity contribution in [2.45, 2.75) is 212 Å². The van der Waals surface area contributed by atoms with Gasteiger partial charge in [0, 0.05) is 0 Å². The second-order valence-corrected chi connectivity index (χ2v) is 15.9. The van der Waals surface area contributed by atoms with Gasteiger partial charge in [0.2, 0.25) is 5.91 Å². The number of hydrogen-bond donors (Lipinski definition) is 4. The minimum absolute atomic E-state index is 0.263. The van der Waals surface area contributed by atoms with E-state index in [0.717, 1.165) is 51.4 Å². The third-order valence-electron chi connectivity index (χ3n) is 9.31. The number of hydrogen-bond acceptors (Lipinski definition) is 5. The van der Waals surface area contributed by atoms with E-state index in [4.69, 9.17) is 0 Å². The SMILES string of the molecule is CCCCCC/C=C\CCCCCCCCC(O)C(=O)NC(CS(=O)(=O)O)C(O)/C=C/CC/C=C/CC/C=C/CCCCCCCCCCCC. The zero-order valence-electron chi connectivity index (χ0n) is 32.8. The summed E-state index contributed by atoms with van der Waals surface area (Å²) in [5, 5.41) is 23.3. The van der Waals surface area contributed by atoms with E-state index in [2.05, 4.69) is 55.6 Å². The number of rotatable bonds is 37. The third kappa shape index (κ3) is 36.4. The highest BCUT2D eigenvalue weighted by Gasteiger charge is 2.27. The van der Waals surface area contributed by atoms with Gasteiger partial charge in [0.25, 0.3) is 10.1 Å². The first kappa shape index (κ1) is 49.3. The van der Waals surface area contributed by atoms with Crippen LogP contribution in [-0.2, 0) is 14.9 Å². The molecule has 0 saturated heterocycles. The first-order valence-electron chi connectivity index (χ1n) is 20.9. The number of carbonyl (C=O) groups is 1. The lowest BCUT2D eigenvalue weighted by atomic mass is 10.0. The lowest BCUT2D eigenvalue weighted by Crippen LogP contribution is -2.50. The minimum atomic E-state index is -4.46. The summed E-state index contributed by atoms with van der Waals surface area (Å²) in [5.41, 5.74) is 0. The molecule has 0 heterocycles. The molecule has 0 aromatic rings. The Balaban J connectivity index is 4.12. The molecule has 7 nitrogen and oxygen atoms in total. The van der Waals surface area contributed by atoms with E-state index < -0.39 is 40.0 Å². The van der Waals surface area contributed by atoms with Crippen molar-refractivity contribution in [1.82, 2.24) is 5.32 Å². The van der Waals surface area contributed by atoms with Crippen molar-refractivity contribution < 1.29 is 28.0 Å². The zero-order valence-corrected chi connectivity index (χ0v) is 33.6. The quantitative estimate of drug-likeness (QED) is 0.0286. The van der Waals surface area contributed by atoms with Crippen molar-refractivity contribution in [1.29, 1.82) is 0 Å². The van der Waals surface area contributed by atoms with Crippen molar-refractivity contribution in [3.05, 3.63) is 48.6 Å². The topological polar surface area (TPSA) is 124 Å². The molecule has 8 heteroatoms. The molecule has 0 bridgehead atoms. The van der Waals surface area contributed by atoms with Crippen LogP contribution in [0.2, 0.25) is 0 Å². The first-order valence-corrected chi connectivity index (χ1v) is 22.6. The maximum atomic E-state index is 12.6. The second-order valence-electron chi connectivity index (χ2n) is 14.4. The summed E-state index contributed by atoms with van der Waals surface area (Å²) < 4.78 is 32.5. The predicted molar refractivity (Wildman–Crippen MR) is 218 cm³/mol. The Morgan fingerprint density at radius 3 is 1.31 bits per heavy atom. The lowest BCUT2D eigenvalue weighted by molar-refractivity contribution is -0.130. The highest BCUT2D eigenvalue weighted by Crippen LogP contribution is 2.13. The fraction of sp³-hybridized carbons (Fsp3) is 0.791. The van der Waals surface area contributed by atoms with E-state index in [0.29, 0.717) is 12.8 Å². The molecule has 3 unspecified atom stereocenters. The number of unbranched alkanes of at least 4 members (excludes halogenated alkanes) is 22. The standard InChI is InChI=1S/C43H79NO6S/c1-3-5-7-9-11-13-15-17-19-20-21-22-23-24-26-27-29-31-33-35-37-41(45)40(39-51(48,49)50)44-43(47)42(46)38-36-34-32-30-28-25-18-16-14-12-10-8-6-4-2/h14,16,22-23,27,29,35,37,40-42,45-46H,3-13,15,17-21,24-26,28,30-34,36,38-39H2,1-2H3,(H,44,47)(H,48,49,50)/b16-14-,23-22+,29-27+,37-35+. The highest BCUT2D eigenvalue weighted by molar-refractivity contribution is 7.85. The van der Waals surface area contributed by atoms with Gasteiger partial charge < -0.3 is 15.5 Å². The van der Waals surface area contributed by atoms with Crippen LogP contribution >= 0.6 is 0 Å². The lowest BCUT2D eigenvalue weighted by Gasteiger charge is -2.22. The van der Waals surface area contributed by atoms with Crippen LogP contribution in [-0.4, -0.2) is 53.1 Å². The van der Waals surface area contributed by atoms with Gasteiger partial charge in [0.15, 0.2) is 0 Å². The molecule has 0 aliphatic heterocycles. The fourth-order valence-corrected chi connectivity index (χ4v) is 6.80. The summed E-state index contributed by atoms with van der Waals surface area (Å²) >= 11 is 0. The van der Waals surface area contributed by atoms with Crippen LogP contribution < -0.4 is 5.32 Å². The molecule has 0 aliphatic rings. The number of carbonyl (C=O) groups excluding carboxylic acids is 1. The zero-order chi connectivity index (χ0) is 37.7. The van der Waals surface area contributed by atoms with Gasteiger partial charge >= 0.3 is 0 Å². The average molecular weight is 738 g/mol. The molecule has 0 saturated carbocycles. The summed E-state index contributed by atoms with van der Waals surface area (Å²) in [6.45, 7) is 4.49. The van der Waals surface area contributed by atoms with Gasteiger partial charge in [-0.1, -0.05) is 172 Å². The maximum Gasteiger partial charge on any atom is 0.267 e. The molecule has 3 atom stereocenters. The second kappa shape index (κ2) is 36.6. The summed E-state index contributed by atoms with van der Waals surface area (Å²) in [6, 6.07) is -1.26. The summed E-state index contributed by atoms with van der Waals surface area (Å²) in [5.74, 6) is -1.57. The molecule has 0 aromatic carbocycles. The molecule has 4 N–H and O–H groups in total. The molecule has 0 aromatic heterocycles. The van der Waals surface area contributed by atoms with E-state index in [1.165, 1.54) is 115 Å². The predicted octanol–water partition coefficient (Wildman–Crippen LogP) is 11.3. The molecular weight excluding hydrogens is 659 g/mol. The van der Waals surface area contributed by atoms with Crippen LogP contribution in [0.25, 0.3) is 0 Å². The van der Waals surface area contributed by atoms with Crippen LogP contribution in [0.5, 0.6) is 0 Å². The number of aliphatic hydroxyl groups excluding tert-OH is 2. The van der Waals surface area contributed by atoms with Crippen LogP contribution in [0.1, 0.15) is 194 Å². The number of amides is 1. The van der Waals surface area contributed by atoms with Crippen molar-refractivity contribution in [3.63, 3.8) is 0 Å². The summed E-state index contributed by atoms with van der Waals surface area (Å²) in [6.07, 6.45) is 46.0. The van der Waals surface area contributed by atoms with Gasteiger partial charge in [-0.25, -0.2) is 0 Å². The molecule has 1 amide bonds. The van der Waals surface area contributed by atoms with Gasteiger partial charge in [-0.05, 0) is 70.6 Å². The fourth-order valence-electron chi connectivity index (χ4n) is 6.07.